The lowest BCUT2D eigenvalue weighted by atomic mass is 10.2. The number of H-pyrrole nitrogens is 1. The van der Waals surface area contributed by atoms with E-state index in [0.29, 0.717) is 13.0 Å². The van der Waals surface area contributed by atoms with Gasteiger partial charge in [0.15, 0.2) is 0 Å². The summed E-state index contributed by atoms with van der Waals surface area (Å²) in [6, 6.07) is 2.03. The molecular formula is C7H10N6O. The molecule has 2 N–H and O–H groups in total. The molecule has 0 unspecified atom stereocenters. The molecule has 0 radical (unpaired) electrons. The van der Waals surface area contributed by atoms with Crippen LogP contribution in [-0.4, -0.2) is 33.1 Å². The van der Waals surface area contributed by atoms with Gasteiger partial charge in [-0.3, -0.25) is 4.79 Å². The number of nitrogens with one attached hydrogen (secondary N) is 2. The molecule has 1 aromatic rings. The first-order chi connectivity index (χ1) is 6.84. The first-order valence-corrected chi connectivity index (χ1v) is 4.23. The van der Waals surface area contributed by atoms with Crippen LogP contribution in [0.2, 0.25) is 0 Å². The Kier molecular flexibility index (Phi) is 4.07. The van der Waals surface area contributed by atoms with Gasteiger partial charge in [0.2, 0.25) is 0 Å². The Labute approximate surface area is 80.5 Å². The van der Waals surface area contributed by atoms with E-state index < -0.39 is 0 Å². The van der Waals surface area contributed by atoms with Crippen LogP contribution in [-0.2, 0) is 0 Å². The predicted molar refractivity (Wildman–Crippen MR) is 46.0 cm³/mol. The number of carbonyl (C=O) groups excluding carboxylic acids is 1. The van der Waals surface area contributed by atoms with Gasteiger partial charge in [0.1, 0.15) is 0 Å². The number of aromatic nitrogens is 4. The standard InChI is InChI=1S/C7H10N6O/c8-4-2-1-3-5-9-7(14)6-10-12-13-11-6/h1-3,5H2,(H,9,14)(H,10,11,12,13). The normalized spacial score (nSPS) is 9.36. The molecule has 1 amide bonds. The third-order valence-corrected chi connectivity index (χ3v) is 1.55. The number of carbonyl (C=O) groups is 1. The molecule has 0 spiro atoms. The van der Waals surface area contributed by atoms with Gasteiger partial charge in [-0.15, -0.1) is 10.2 Å². The van der Waals surface area contributed by atoms with Gasteiger partial charge in [0.05, 0.1) is 6.07 Å². The van der Waals surface area contributed by atoms with Crippen molar-refractivity contribution in [1.82, 2.24) is 25.9 Å². The third-order valence-electron chi connectivity index (χ3n) is 1.55. The summed E-state index contributed by atoms with van der Waals surface area (Å²) in [5.74, 6) is -0.319. The van der Waals surface area contributed by atoms with Crippen LogP contribution in [0.15, 0.2) is 0 Å². The second-order valence-corrected chi connectivity index (χ2v) is 2.61. The van der Waals surface area contributed by atoms with Crippen molar-refractivity contribution < 1.29 is 4.79 Å². The van der Waals surface area contributed by atoms with Crippen molar-refractivity contribution in [2.45, 2.75) is 19.3 Å². The van der Waals surface area contributed by atoms with Gasteiger partial charge in [0.25, 0.3) is 11.7 Å². The number of nitrogens with zero attached hydrogens (tertiary/aromatic N) is 4. The Bertz CT molecular complexity index is 313. The molecule has 0 aromatic carbocycles. The van der Waals surface area contributed by atoms with E-state index in [4.69, 9.17) is 5.26 Å². The third kappa shape index (κ3) is 3.18. The summed E-state index contributed by atoms with van der Waals surface area (Å²) < 4.78 is 0. The van der Waals surface area contributed by atoms with Crippen molar-refractivity contribution in [3.63, 3.8) is 0 Å². The maximum absolute atomic E-state index is 11.2. The predicted octanol–water partition coefficient (Wildman–Crippen LogP) is -0.377. The summed E-state index contributed by atoms with van der Waals surface area (Å²) in [6.07, 6.45) is 2.07. The number of hydrogen-bond donors (Lipinski definition) is 2. The zero-order valence-corrected chi connectivity index (χ0v) is 7.53. The van der Waals surface area contributed by atoms with Crippen molar-refractivity contribution in [3.05, 3.63) is 5.82 Å². The van der Waals surface area contributed by atoms with E-state index in [-0.39, 0.29) is 11.7 Å². The second kappa shape index (κ2) is 5.64. The van der Waals surface area contributed by atoms with Crippen LogP contribution in [0.1, 0.15) is 29.9 Å². The number of tetrazole rings is 1. The SMILES string of the molecule is N#CCCCCNC(=O)c1nn[nH]n1. The highest BCUT2D eigenvalue weighted by atomic mass is 16.2. The molecule has 0 aliphatic carbocycles. The maximum Gasteiger partial charge on any atom is 0.292 e. The summed E-state index contributed by atoms with van der Waals surface area (Å²) in [4.78, 5) is 11.2. The molecule has 1 aromatic heterocycles. The van der Waals surface area contributed by atoms with E-state index >= 15 is 0 Å². The average molecular weight is 194 g/mol. The van der Waals surface area contributed by atoms with E-state index in [1.165, 1.54) is 0 Å². The van der Waals surface area contributed by atoms with E-state index in [2.05, 4.69) is 25.9 Å². The van der Waals surface area contributed by atoms with Gasteiger partial charge >= 0.3 is 0 Å². The van der Waals surface area contributed by atoms with Crippen LogP contribution in [0.3, 0.4) is 0 Å². The van der Waals surface area contributed by atoms with Gasteiger partial charge in [-0.2, -0.15) is 10.5 Å². The Balaban J connectivity index is 2.14. The molecule has 7 heteroatoms. The summed E-state index contributed by atoms with van der Waals surface area (Å²) in [7, 11) is 0. The molecule has 7 nitrogen and oxygen atoms in total. The molecule has 0 bridgehead atoms. The molecule has 0 saturated carbocycles. The molecule has 0 saturated heterocycles. The van der Waals surface area contributed by atoms with Crippen LogP contribution in [0, 0.1) is 11.3 Å². The topological polar surface area (TPSA) is 107 Å². The first kappa shape index (κ1) is 10.1. The lowest BCUT2D eigenvalue weighted by Gasteiger charge is -1.99. The highest BCUT2D eigenvalue weighted by molar-refractivity contribution is 5.89. The molecule has 74 valence electrons. The van der Waals surface area contributed by atoms with Crippen LogP contribution in [0.5, 0.6) is 0 Å². The van der Waals surface area contributed by atoms with E-state index in [1.807, 2.05) is 6.07 Å². The molecule has 1 heterocycles. The lowest BCUT2D eigenvalue weighted by molar-refractivity contribution is 0.0942. The van der Waals surface area contributed by atoms with Crippen molar-refractivity contribution in [1.29, 1.82) is 5.26 Å². The minimum absolute atomic E-state index is 0.0327. The molecule has 0 aliphatic heterocycles. The number of hydrogen-bond acceptors (Lipinski definition) is 5. The maximum atomic E-state index is 11.2. The number of rotatable bonds is 5. The lowest BCUT2D eigenvalue weighted by Crippen LogP contribution is -2.25. The molecule has 0 fully saturated rings. The van der Waals surface area contributed by atoms with Gasteiger partial charge < -0.3 is 5.32 Å². The van der Waals surface area contributed by atoms with Crippen molar-refractivity contribution in [2.75, 3.05) is 6.54 Å². The second-order valence-electron chi connectivity index (χ2n) is 2.61. The summed E-state index contributed by atoms with van der Waals surface area (Å²) in [5, 5.41) is 23.4. The van der Waals surface area contributed by atoms with Gasteiger partial charge in [0, 0.05) is 13.0 Å². The Morgan fingerprint density at radius 3 is 3.07 bits per heavy atom. The summed E-state index contributed by atoms with van der Waals surface area (Å²) in [5.41, 5.74) is 0. The van der Waals surface area contributed by atoms with Crippen molar-refractivity contribution in [2.24, 2.45) is 0 Å². The first-order valence-electron chi connectivity index (χ1n) is 4.23. The average Bonchev–Trinajstić information content (AvgIpc) is 2.70. The summed E-state index contributed by atoms with van der Waals surface area (Å²) >= 11 is 0. The smallest absolute Gasteiger partial charge is 0.292 e. The van der Waals surface area contributed by atoms with Gasteiger partial charge in [-0.1, -0.05) is 0 Å². The quantitative estimate of drug-likeness (QED) is 0.621. The number of aromatic amines is 1. The Morgan fingerprint density at radius 2 is 2.43 bits per heavy atom. The molecule has 0 atom stereocenters. The van der Waals surface area contributed by atoms with Gasteiger partial charge in [-0.05, 0) is 18.1 Å². The van der Waals surface area contributed by atoms with E-state index in [1.54, 1.807) is 0 Å². The number of unbranched alkanes of at least 4 members (excludes halogenated alkanes) is 2. The van der Waals surface area contributed by atoms with Crippen LogP contribution < -0.4 is 5.32 Å². The highest BCUT2D eigenvalue weighted by Gasteiger charge is 2.08. The van der Waals surface area contributed by atoms with Crippen molar-refractivity contribution >= 4 is 5.91 Å². The van der Waals surface area contributed by atoms with Crippen LogP contribution in [0.25, 0.3) is 0 Å². The summed E-state index contributed by atoms with van der Waals surface area (Å²) in [6.45, 7) is 0.523. The zero-order chi connectivity index (χ0) is 10.2. The zero-order valence-electron chi connectivity index (χ0n) is 7.53. The Morgan fingerprint density at radius 1 is 1.57 bits per heavy atom. The van der Waals surface area contributed by atoms with E-state index in [9.17, 15) is 4.79 Å². The molecule has 1 rings (SSSR count). The van der Waals surface area contributed by atoms with Gasteiger partial charge in [-0.25, -0.2) is 0 Å². The minimum Gasteiger partial charge on any atom is -0.349 e. The molecule has 14 heavy (non-hydrogen) atoms. The molecular weight excluding hydrogens is 184 g/mol. The van der Waals surface area contributed by atoms with Crippen LogP contribution >= 0.6 is 0 Å². The fourth-order valence-electron chi connectivity index (χ4n) is 0.868. The highest BCUT2D eigenvalue weighted by Crippen LogP contribution is 1.92. The van der Waals surface area contributed by atoms with Crippen molar-refractivity contribution in [3.8, 4) is 6.07 Å². The van der Waals surface area contributed by atoms with E-state index in [0.717, 1.165) is 12.8 Å². The fourth-order valence-corrected chi connectivity index (χ4v) is 0.868. The minimum atomic E-state index is -0.351. The fraction of sp³-hybridized carbons (Fsp3) is 0.571. The number of nitriles is 1. The largest absolute Gasteiger partial charge is 0.349 e. The molecule has 0 aliphatic rings. The monoisotopic (exact) mass is 194 g/mol. The van der Waals surface area contributed by atoms with Crippen LogP contribution in [0.4, 0.5) is 0 Å². The number of amides is 1. The Hall–Kier alpha value is -1.97.